The molecular formula is C22H24F2N4OS. The molecule has 2 aromatic heterocycles. The Morgan fingerprint density at radius 1 is 1.10 bits per heavy atom. The van der Waals surface area contributed by atoms with Crippen LogP contribution in [0.5, 0.6) is 0 Å². The number of rotatable bonds is 5. The van der Waals surface area contributed by atoms with Crippen LogP contribution in [0.3, 0.4) is 0 Å². The van der Waals surface area contributed by atoms with Crippen LogP contribution in [0, 0.1) is 5.92 Å². The summed E-state index contributed by atoms with van der Waals surface area (Å²) in [6.45, 7) is 1.63. The second kappa shape index (κ2) is 7.67. The van der Waals surface area contributed by atoms with Crippen LogP contribution in [0.25, 0.3) is 16.9 Å². The number of aromatic nitrogens is 2. The molecule has 3 heterocycles. The molecule has 158 valence electrons. The van der Waals surface area contributed by atoms with E-state index in [-0.39, 0.29) is 23.3 Å². The van der Waals surface area contributed by atoms with Gasteiger partial charge in [-0.1, -0.05) is 30.3 Å². The summed E-state index contributed by atoms with van der Waals surface area (Å²) in [5.74, 6) is 0.788. The lowest BCUT2D eigenvalue weighted by molar-refractivity contribution is -0.117. The monoisotopic (exact) mass is 430 g/mol. The molecular weight excluding hydrogens is 406 g/mol. The van der Waals surface area contributed by atoms with Crippen molar-refractivity contribution in [2.45, 2.75) is 19.4 Å². The minimum absolute atomic E-state index is 0.0212. The topological polar surface area (TPSA) is 49.6 Å². The van der Waals surface area contributed by atoms with E-state index in [0.717, 1.165) is 35.3 Å². The average molecular weight is 431 g/mol. The van der Waals surface area contributed by atoms with Gasteiger partial charge in [0.2, 0.25) is 5.91 Å². The zero-order chi connectivity index (χ0) is 20.7. The van der Waals surface area contributed by atoms with Gasteiger partial charge in [-0.2, -0.15) is 7.77 Å². The molecule has 2 aliphatic rings. The summed E-state index contributed by atoms with van der Waals surface area (Å²) < 4.78 is 28.8. The van der Waals surface area contributed by atoms with Crippen molar-refractivity contribution in [1.29, 1.82) is 0 Å². The van der Waals surface area contributed by atoms with Crippen LogP contribution in [-0.2, 0) is 11.3 Å². The highest BCUT2D eigenvalue weighted by Crippen LogP contribution is 2.52. The number of anilines is 1. The largest absolute Gasteiger partial charge is 0.309 e. The zero-order valence-electron chi connectivity index (χ0n) is 16.6. The van der Waals surface area contributed by atoms with Crippen LogP contribution in [0.15, 0.2) is 48.7 Å². The molecule has 0 spiro atoms. The van der Waals surface area contributed by atoms with E-state index in [1.165, 1.54) is 0 Å². The van der Waals surface area contributed by atoms with E-state index in [2.05, 4.69) is 39.5 Å². The lowest BCUT2D eigenvalue weighted by atomic mass is 10.1. The molecule has 5 rings (SSSR count). The smallest absolute Gasteiger partial charge is 0.228 e. The summed E-state index contributed by atoms with van der Waals surface area (Å²) in [6, 6.07) is 14.1. The van der Waals surface area contributed by atoms with Crippen molar-refractivity contribution in [2.24, 2.45) is 5.92 Å². The van der Waals surface area contributed by atoms with Gasteiger partial charge in [0, 0.05) is 37.1 Å². The maximum atomic E-state index is 13.4. The fraction of sp³-hybridized carbons (Fsp3) is 0.364. The summed E-state index contributed by atoms with van der Waals surface area (Å²) in [5.41, 5.74) is 3.92. The molecule has 1 amide bonds. The third-order valence-corrected chi connectivity index (χ3v) is 7.32. The summed E-state index contributed by atoms with van der Waals surface area (Å²) in [5, 5.41) is 2.90. The van der Waals surface area contributed by atoms with Crippen LogP contribution in [-0.4, -0.2) is 44.8 Å². The number of nitrogens with zero attached hydrogens (tertiary/aromatic N) is 3. The molecule has 0 atom stereocenters. The number of benzene rings is 1. The van der Waals surface area contributed by atoms with Crippen molar-refractivity contribution < 1.29 is 12.6 Å². The number of hydrogen-bond acceptors (Lipinski definition) is 3. The van der Waals surface area contributed by atoms with Crippen molar-refractivity contribution in [2.75, 3.05) is 29.9 Å². The molecule has 1 aliphatic carbocycles. The minimum atomic E-state index is -3.36. The summed E-state index contributed by atoms with van der Waals surface area (Å²) in [7, 11) is -3.36. The van der Waals surface area contributed by atoms with Crippen LogP contribution < -0.4 is 5.32 Å². The molecule has 1 aliphatic heterocycles. The normalized spacial score (nSPS) is 20.2. The first-order chi connectivity index (χ1) is 14.5. The van der Waals surface area contributed by atoms with Gasteiger partial charge >= 0.3 is 0 Å². The van der Waals surface area contributed by atoms with Gasteiger partial charge in [-0.25, -0.2) is 4.98 Å². The van der Waals surface area contributed by atoms with Crippen LogP contribution >= 0.6 is 10.8 Å². The lowest BCUT2D eigenvalue weighted by Gasteiger charge is -2.33. The Bertz CT molecular complexity index is 1070. The minimum Gasteiger partial charge on any atom is -0.309 e. The molecule has 0 radical (unpaired) electrons. The Balaban J connectivity index is 1.32. The van der Waals surface area contributed by atoms with E-state index in [1.807, 2.05) is 28.8 Å². The molecule has 3 aromatic rings. The standard InChI is InChI=1S/C22H24F2N4OS/c23-30(24)12-10-27(11-13-30)14-16-4-6-17(7-5-16)19-2-1-3-21-25-20(15-28(19)21)26-22(29)18-8-9-18/h1-7,15,18H,8-14H2,(H,26,29). The predicted molar refractivity (Wildman–Crippen MR) is 117 cm³/mol. The zero-order valence-corrected chi connectivity index (χ0v) is 17.4. The quantitative estimate of drug-likeness (QED) is 0.636. The SMILES string of the molecule is O=C(Nc1cn2c(-c3ccc(CN4CCS(F)(F)CC4)cc3)cccc2n1)C1CC1. The Kier molecular flexibility index (Phi) is 4.99. The Labute approximate surface area is 176 Å². The van der Waals surface area contributed by atoms with Crippen LogP contribution in [0.2, 0.25) is 0 Å². The van der Waals surface area contributed by atoms with Crippen molar-refractivity contribution >= 4 is 28.2 Å². The Morgan fingerprint density at radius 3 is 2.53 bits per heavy atom. The highest BCUT2D eigenvalue weighted by atomic mass is 32.3. The van der Waals surface area contributed by atoms with Crippen LogP contribution in [0.1, 0.15) is 18.4 Å². The second-order valence-electron chi connectivity index (χ2n) is 8.11. The molecule has 1 saturated carbocycles. The van der Waals surface area contributed by atoms with Gasteiger partial charge in [0.15, 0.2) is 5.82 Å². The molecule has 1 N–H and O–H groups in total. The van der Waals surface area contributed by atoms with Gasteiger partial charge in [0.05, 0.1) is 22.7 Å². The number of pyridine rings is 1. The van der Waals surface area contributed by atoms with Crippen molar-refractivity contribution in [3.63, 3.8) is 0 Å². The maximum Gasteiger partial charge on any atom is 0.228 e. The molecule has 30 heavy (non-hydrogen) atoms. The van der Waals surface area contributed by atoms with Gasteiger partial charge in [-0.05, 0) is 36.1 Å². The second-order valence-corrected chi connectivity index (χ2v) is 10.3. The summed E-state index contributed by atoms with van der Waals surface area (Å²) in [4.78, 5) is 18.7. The number of imidazole rings is 1. The molecule has 5 nitrogen and oxygen atoms in total. The fourth-order valence-electron chi connectivity index (χ4n) is 3.82. The van der Waals surface area contributed by atoms with Gasteiger partial charge in [0.25, 0.3) is 0 Å². The number of nitrogens with one attached hydrogen (secondary N) is 1. The van der Waals surface area contributed by atoms with Gasteiger partial charge in [0.1, 0.15) is 5.65 Å². The fourth-order valence-corrected chi connectivity index (χ4v) is 5.07. The number of hydrogen-bond donors (Lipinski definition) is 1. The van der Waals surface area contributed by atoms with E-state index in [9.17, 15) is 12.6 Å². The van der Waals surface area contributed by atoms with E-state index < -0.39 is 10.8 Å². The first kappa shape index (κ1) is 19.5. The maximum absolute atomic E-state index is 13.4. The molecule has 1 aromatic carbocycles. The molecule has 2 fully saturated rings. The average Bonchev–Trinajstić information content (AvgIpc) is 3.50. The van der Waals surface area contributed by atoms with Crippen LogP contribution in [0.4, 0.5) is 13.6 Å². The number of amides is 1. The Hall–Kier alpha value is -2.45. The number of fused-ring (bicyclic) bond motifs is 1. The predicted octanol–water partition coefficient (Wildman–Crippen LogP) is 4.74. The van der Waals surface area contributed by atoms with Gasteiger partial charge < -0.3 is 5.32 Å². The number of halogens is 2. The van der Waals surface area contributed by atoms with Gasteiger partial charge in [-0.15, -0.1) is 0 Å². The third kappa shape index (κ3) is 4.20. The van der Waals surface area contributed by atoms with Crippen molar-refractivity contribution in [1.82, 2.24) is 14.3 Å². The highest BCUT2D eigenvalue weighted by molar-refractivity contribution is 8.25. The summed E-state index contributed by atoms with van der Waals surface area (Å²) >= 11 is 0. The lowest BCUT2D eigenvalue weighted by Crippen LogP contribution is -2.35. The van der Waals surface area contributed by atoms with E-state index in [0.29, 0.717) is 25.5 Å². The molecule has 1 saturated heterocycles. The molecule has 0 unspecified atom stereocenters. The first-order valence-corrected chi connectivity index (χ1v) is 12.0. The third-order valence-electron chi connectivity index (χ3n) is 5.76. The van der Waals surface area contributed by atoms with E-state index >= 15 is 0 Å². The van der Waals surface area contributed by atoms with Crippen molar-refractivity contribution in [3.05, 3.63) is 54.2 Å². The number of carbonyl (C=O) groups is 1. The van der Waals surface area contributed by atoms with Crippen molar-refractivity contribution in [3.8, 4) is 11.3 Å². The summed E-state index contributed by atoms with van der Waals surface area (Å²) in [6.07, 6.45) is 3.77. The van der Waals surface area contributed by atoms with Gasteiger partial charge in [-0.3, -0.25) is 14.1 Å². The van der Waals surface area contributed by atoms with E-state index in [1.54, 1.807) is 0 Å². The first-order valence-electron chi connectivity index (χ1n) is 10.3. The molecule has 8 heteroatoms. The van der Waals surface area contributed by atoms with E-state index in [4.69, 9.17) is 0 Å². The molecule has 0 bridgehead atoms. The number of carbonyl (C=O) groups excluding carboxylic acids is 1. The highest BCUT2D eigenvalue weighted by Gasteiger charge is 2.30. The Morgan fingerprint density at radius 2 is 1.83 bits per heavy atom.